The summed E-state index contributed by atoms with van der Waals surface area (Å²) in [6.45, 7) is 43.8. The van der Waals surface area contributed by atoms with E-state index in [1.807, 2.05) is 158 Å². The number of anilines is 4. The molecule has 696 valence electrons. The lowest BCUT2D eigenvalue weighted by atomic mass is 9.94. The number of fused-ring (bicyclic) bond motifs is 18. The van der Waals surface area contributed by atoms with Gasteiger partial charge in [-0.3, -0.25) is 57.4 Å². The standard InChI is InChI=1S/C35H35ClFN7O2.C35H34ClFN6O3.C34H34FN7O2/c1-7-25(45)42-15-21-13-39-31-34(43(21)14-20(42)6)22-12-23(37)27(26-18(4)8-9-24-30(26)41-16-40-24)28(36)33(22)44(35(31)46)32-19(5)10-11-38-29(32)17(2)3;1-7-25(44)41-14-21-15-46-34-33(42(21)13-20(41)6)22-12-23(37)27(26-18(4)8-9-24-30(26)40-16-39-24)28(36)32(22)43(35(34)45)31-19(5)10-11-38-29(31)17(2)3;1-7-26(43)40-15-21-12-23-32(41(21)14-20(40)6)22-13-24(35)29(27-18(4)8-9-25-30(27)38-16-37-25)39-33(22)42(34(23)44)31-19(5)10-11-36-28(31)17(2)3/h7-12,16-17,20-21,39H,1,13-15H2,2-6H3,(H,40,41);7-12,16-17,20-21H,1,13-15H2,2-6H3,(H,39,40);7-11,13,16-17,20-21H,1,12,14-15H2,2-6H3,(H,37,38). The Labute approximate surface area is 791 Å². The predicted octanol–water partition coefficient (Wildman–Crippen LogP) is 18.3. The lowest BCUT2D eigenvalue weighted by Gasteiger charge is -2.49. The Balaban J connectivity index is 0.000000131. The van der Waals surface area contributed by atoms with Crippen molar-refractivity contribution in [3.05, 3.63) is 263 Å². The number of nitrogens with zero attached hydrogens (tertiary/aromatic N) is 16. The van der Waals surface area contributed by atoms with Crippen LogP contribution in [0, 0.1) is 59.0 Å². The SMILES string of the molecule is C=CC(=O)N1CC2CNc3c(c4cc(F)c(-c5c(C)ccc6[nH]cnc56)c(Cl)c4n(-c4c(C)ccnc4C(C)C)c3=O)N2CC1C.C=CC(=O)N1CC2COc3c(c4cc(F)c(-c5c(C)ccc6[nH]cnc56)c(Cl)c4n(-c4c(C)ccnc4C(C)C)c3=O)N2CC1C.C=CC(=O)N1CC2Cc3c(c4cc(F)c(-c5c(C)ccc6[nH]cnc56)nc4n(-c4c(C)ccnc4C(C)C)c3=O)N2CC1C. The number of piperazine rings is 3. The number of pyridine rings is 7. The van der Waals surface area contributed by atoms with Gasteiger partial charge in [-0.05, 0) is 186 Å². The smallest absolute Gasteiger partial charge is 0.300 e. The molecule has 4 N–H and O–H groups in total. The number of hydrogen-bond acceptors (Lipinski definition) is 18. The molecule has 0 aliphatic carbocycles. The van der Waals surface area contributed by atoms with E-state index in [1.54, 1.807) is 66.0 Å². The van der Waals surface area contributed by atoms with Crippen LogP contribution in [0.15, 0.2) is 163 Å². The van der Waals surface area contributed by atoms with Crippen LogP contribution in [0.4, 0.5) is 35.9 Å². The highest BCUT2D eigenvalue weighted by atomic mass is 35.5. The lowest BCUT2D eigenvalue weighted by molar-refractivity contribution is -0.129. The first-order chi connectivity index (χ1) is 65.2. The predicted molar refractivity (Wildman–Crippen MR) is 531 cm³/mol. The van der Waals surface area contributed by atoms with Crippen LogP contribution in [-0.4, -0.2) is 185 Å². The van der Waals surface area contributed by atoms with Gasteiger partial charge in [-0.15, -0.1) is 0 Å². The molecule has 6 atom stereocenters. The summed E-state index contributed by atoms with van der Waals surface area (Å²) in [5.41, 5.74) is 18.1. The summed E-state index contributed by atoms with van der Waals surface area (Å²) in [5, 5.41) is 5.06. The molecule has 0 bridgehead atoms. The second-order valence-corrected chi connectivity index (χ2v) is 38.1. The summed E-state index contributed by atoms with van der Waals surface area (Å²) in [6, 6.07) is 20.4. The van der Waals surface area contributed by atoms with Gasteiger partial charge in [0.1, 0.15) is 41.1 Å². The number of carbonyl (C=O) groups is 3. The largest absolute Gasteiger partial charge is 0.484 e. The molecule has 10 aromatic heterocycles. The lowest BCUT2D eigenvalue weighted by Crippen LogP contribution is -2.62. The van der Waals surface area contributed by atoms with Crippen molar-refractivity contribution in [2.75, 3.05) is 72.4 Å². The Hall–Kier alpha value is -14.3. The number of nitrogens with one attached hydrogen (secondary N) is 4. The van der Waals surface area contributed by atoms with E-state index in [0.717, 1.165) is 61.3 Å². The summed E-state index contributed by atoms with van der Waals surface area (Å²) in [4.78, 5) is 136. The van der Waals surface area contributed by atoms with Crippen molar-refractivity contribution in [1.82, 2.24) is 78.2 Å². The van der Waals surface area contributed by atoms with Gasteiger partial charge in [-0.25, -0.2) is 33.1 Å². The third-order valence-electron chi connectivity index (χ3n) is 27.8. The Morgan fingerprint density at radius 1 is 0.449 bits per heavy atom. The number of aryl methyl sites for hydroxylation is 6. The number of H-pyrrole nitrogens is 3. The van der Waals surface area contributed by atoms with Crippen molar-refractivity contribution in [3.63, 3.8) is 0 Å². The van der Waals surface area contributed by atoms with E-state index in [2.05, 4.69) is 79.6 Å². The zero-order valence-electron chi connectivity index (χ0n) is 78.2. The maximum Gasteiger partial charge on any atom is 0.300 e. The van der Waals surface area contributed by atoms with Gasteiger partial charge in [0, 0.05) is 138 Å². The molecule has 0 spiro atoms. The highest BCUT2D eigenvalue weighted by Crippen LogP contribution is 2.52. The Kier molecular flexibility index (Phi) is 23.3. The van der Waals surface area contributed by atoms with Crippen LogP contribution in [0.25, 0.3) is 117 Å². The zero-order chi connectivity index (χ0) is 96.2. The fourth-order valence-electron chi connectivity index (χ4n) is 21.3. The summed E-state index contributed by atoms with van der Waals surface area (Å²) in [5.74, 6) is -1.93. The van der Waals surface area contributed by atoms with Crippen LogP contribution in [0.1, 0.15) is 136 Å². The Bertz CT molecular complexity index is 7520. The molecule has 5 aromatic carbocycles. The summed E-state index contributed by atoms with van der Waals surface area (Å²) in [6.07, 6.45) is 14.3. The van der Waals surface area contributed by atoms with Gasteiger partial charge in [-0.1, -0.05) is 103 Å². The Morgan fingerprint density at radius 3 is 1.30 bits per heavy atom. The average Bonchev–Trinajstić information content (AvgIpc) is 1.21. The van der Waals surface area contributed by atoms with E-state index in [9.17, 15) is 28.8 Å². The molecule has 3 amide bonds. The first-order valence-electron chi connectivity index (χ1n) is 45.8. The quantitative estimate of drug-likeness (QED) is 0.0826. The molecule has 6 aliphatic rings. The zero-order valence-corrected chi connectivity index (χ0v) is 79.7. The first kappa shape index (κ1) is 90.9. The monoisotopic (exact) mass is 1870 g/mol. The van der Waals surface area contributed by atoms with E-state index in [1.165, 1.54) is 36.4 Å². The summed E-state index contributed by atoms with van der Waals surface area (Å²) in [7, 11) is 0. The van der Waals surface area contributed by atoms with Gasteiger partial charge >= 0.3 is 0 Å². The molecule has 27 nitrogen and oxygen atoms in total. The van der Waals surface area contributed by atoms with Crippen LogP contribution in [-0.2, 0) is 20.8 Å². The third-order valence-corrected chi connectivity index (χ3v) is 28.6. The van der Waals surface area contributed by atoms with Crippen molar-refractivity contribution < 1.29 is 32.3 Å². The van der Waals surface area contributed by atoms with Crippen LogP contribution >= 0.6 is 23.2 Å². The fraction of sp³-hybridized carbons (Fsp3) is 0.317. The normalized spacial score (nSPS) is 17.8. The molecule has 6 aliphatic heterocycles. The molecule has 16 heterocycles. The van der Waals surface area contributed by atoms with E-state index in [4.69, 9.17) is 37.9 Å². The minimum atomic E-state index is -0.550. The number of benzene rings is 5. The molecule has 32 heteroatoms. The molecule has 0 radical (unpaired) electrons. The number of aromatic amines is 3. The second kappa shape index (κ2) is 34.9. The molecular weight excluding hydrogens is 1770 g/mol. The minimum absolute atomic E-state index is 0.0136. The van der Waals surface area contributed by atoms with Gasteiger partial charge in [-0.2, -0.15) is 0 Å². The van der Waals surface area contributed by atoms with E-state index < -0.39 is 23.0 Å². The van der Waals surface area contributed by atoms with Gasteiger partial charge in [0.2, 0.25) is 23.5 Å². The summed E-state index contributed by atoms with van der Waals surface area (Å²) < 4.78 is 61.0. The molecule has 6 unspecified atom stereocenters. The number of carbonyl (C=O) groups excluding carboxylic acids is 3. The highest BCUT2D eigenvalue weighted by Gasteiger charge is 2.46. The van der Waals surface area contributed by atoms with Crippen LogP contribution in [0.2, 0.25) is 10.0 Å². The number of amides is 3. The molecule has 3 fully saturated rings. The second-order valence-electron chi connectivity index (χ2n) is 37.4. The molecule has 21 rings (SSSR count). The number of imidazole rings is 3. The number of aromatic nitrogens is 13. The van der Waals surface area contributed by atoms with Crippen LogP contribution in [0.3, 0.4) is 0 Å². The minimum Gasteiger partial charge on any atom is -0.484 e. The topological polar surface area (TPSA) is 296 Å². The fourth-order valence-corrected chi connectivity index (χ4v) is 22.1. The number of ether oxygens (including phenoxy) is 1. The molecule has 0 saturated carbocycles. The van der Waals surface area contributed by atoms with Crippen molar-refractivity contribution >= 4 is 130 Å². The van der Waals surface area contributed by atoms with Crippen LogP contribution < -0.4 is 41.4 Å². The van der Waals surface area contributed by atoms with E-state index in [-0.39, 0.29) is 122 Å². The average molecular weight is 1870 g/mol. The van der Waals surface area contributed by atoms with Gasteiger partial charge < -0.3 is 54.4 Å². The van der Waals surface area contributed by atoms with Crippen molar-refractivity contribution in [1.29, 1.82) is 0 Å². The third kappa shape index (κ3) is 14.5. The van der Waals surface area contributed by atoms with Gasteiger partial charge in [0.15, 0.2) is 0 Å². The Morgan fingerprint density at radius 2 is 0.846 bits per heavy atom. The number of halogens is 5. The highest BCUT2D eigenvalue weighted by molar-refractivity contribution is 6.40. The maximum absolute atomic E-state index is 16.8. The molecular formula is C104H103Cl2F3N20O7. The van der Waals surface area contributed by atoms with Crippen molar-refractivity contribution in [3.8, 4) is 56.3 Å². The van der Waals surface area contributed by atoms with E-state index >= 15 is 13.2 Å². The van der Waals surface area contributed by atoms with Crippen molar-refractivity contribution in [2.45, 2.75) is 164 Å². The first-order valence-corrected chi connectivity index (χ1v) is 46.5. The van der Waals surface area contributed by atoms with Crippen molar-refractivity contribution in [2.24, 2.45) is 0 Å². The molecule has 3 saturated heterocycles. The van der Waals surface area contributed by atoms with Crippen LogP contribution in [0.5, 0.6) is 5.75 Å². The van der Waals surface area contributed by atoms with E-state index in [0.29, 0.717) is 169 Å². The molecule has 136 heavy (non-hydrogen) atoms. The van der Waals surface area contributed by atoms with Gasteiger partial charge in [0.05, 0.1) is 142 Å². The number of hydrogen-bond donors (Lipinski definition) is 4. The molecule has 15 aromatic rings. The maximum atomic E-state index is 16.8. The summed E-state index contributed by atoms with van der Waals surface area (Å²) >= 11 is 14.8. The van der Waals surface area contributed by atoms with Gasteiger partial charge in [0.25, 0.3) is 16.7 Å². The number of rotatable bonds is 12.